The Morgan fingerprint density at radius 1 is 1.10 bits per heavy atom. The van der Waals surface area contributed by atoms with E-state index in [2.05, 4.69) is 10.5 Å². The van der Waals surface area contributed by atoms with E-state index in [4.69, 9.17) is 11.6 Å². The maximum Gasteiger partial charge on any atom is 0.301 e. The summed E-state index contributed by atoms with van der Waals surface area (Å²) < 4.78 is 0. The van der Waals surface area contributed by atoms with Crippen LogP contribution in [0, 0.1) is 26.1 Å². The molecule has 1 saturated carbocycles. The summed E-state index contributed by atoms with van der Waals surface area (Å²) in [5.74, 6) is -0.241. The maximum atomic E-state index is 11.3. The molecule has 2 N–H and O–H groups in total. The van der Waals surface area contributed by atoms with Gasteiger partial charge < -0.3 is 5.11 Å². The molecular formula is C19H19ClN4O5. The summed E-state index contributed by atoms with van der Waals surface area (Å²) in [6, 6.07) is 10.3. The van der Waals surface area contributed by atoms with E-state index < -0.39 is 21.6 Å². The summed E-state index contributed by atoms with van der Waals surface area (Å²) in [6.45, 7) is 0. The number of nitro benzene ring substituents is 2. The minimum absolute atomic E-state index is 0.0541. The largest absolute Gasteiger partial charge is 0.388 e. The lowest BCUT2D eigenvalue weighted by Gasteiger charge is -2.28. The summed E-state index contributed by atoms with van der Waals surface area (Å²) >= 11 is 5.91. The van der Waals surface area contributed by atoms with E-state index in [9.17, 15) is 25.3 Å². The van der Waals surface area contributed by atoms with Crippen LogP contribution in [-0.4, -0.2) is 20.7 Å². The number of benzene rings is 2. The number of aliphatic hydroxyl groups excluding tert-OH is 1. The number of non-ortho nitro benzene ring substituents is 1. The number of aliphatic hydroxyl groups is 1. The standard InChI is InChI=1S/C19H19ClN4O5/c20-13-7-5-12(6-8-13)19(25)15-3-1-2-4-16(15)21-22-17-10-9-14(23(26)27)11-18(17)24(28)29/h5-11,15,19,22,25H,1-4H2/b21-16+/t15-,19+/m0/s1. The molecule has 0 heterocycles. The van der Waals surface area contributed by atoms with Crippen molar-refractivity contribution in [3.63, 3.8) is 0 Å². The highest BCUT2D eigenvalue weighted by atomic mass is 35.5. The molecule has 1 aliphatic rings. The average molecular weight is 419 g/mol. The Kier molecular flexibility index (Phi) is 6.40. The highest BCUT2D eigenvalue weighted by Crippen LogP contribution is 2.34. The quantitative estimate of drug-likeness (QED) is 0.509. The first-order chi connectivity index (χ1) is 13.9. The number of hydrazone groups is 1. The number of halogens is 1. The van der Waals surface area contributed by atoms with E-state index in [0.29, 0.717) is 17.2 Å². The van der Waals surface area contributed by atoms with Crippen molar-refractivity contribution in [3.05, 3.63) is 73.3 Å². The Morgan fingerprint density at radius 2 is 1.83 bits per heavy atom. The van der Waals surface area contributed by atoms with Crippen molar-refractivity contribution in [2.24, 2.45) is 11.0 Å². The number of anilines is 1. The van der Waals surface area contributed by atoms with Crippen LogP contribution >= 0.6 is 11.6 Å². The first-order valence-corrected chi connectivity index (χ1v) is 9.43. The van der Waals surface area contributed by atoms with E-state index >= 15 is 0 Å². The SMILES string of the molecule is O=[N+]([O-])c1ccc(N/N=C2\CCCC[C@@H]2[C@H](O)c2ccc(Cl)cc2)c([N+](=O)[O-])c1. The zero-order chi connectivity index (χ0) is 21.0. The number of rotatable bonds is 6. The molecular weight excluding hydrogens is 400 g/mol. The minimum atomic E-state index is -0.778. The summed E-state index contributed by atoms with van der Waals surface area (Å²) in [5.41, 5.74) is 3.33. The molecule has 2 aromatic carbocycles. The zero-order valence-corrected chi connectivity index (χ0v) is 16.1. The third-order valence-electron chi connectivity index (χ3n) is 4.93. The van der Waals surface area contributed by atoms with Crippen LogP contribution in [0.2, 0.25) is 5.02 Å². The molecule has 1 fully saturated rings. The summed E-state index contributed by atoms with van der Waals surface area (Å²) in [5, 5.41) is 37.8. The van der Waals surface area contributed by atoms with Crippen molar-refractivity contribution in [2.45, 2.75) is 31.8 Å². The van der Waals surface area contributed by atoms with Crippen LogP contribution in [0.25, 0.3) is 0 Å². The minimum Gasteiger partial charge on any atom is -0.388 e. The Hall–Kier alpha value is -3.04. The lowest BCUT2D eigenvalue weighted by Crippen LogP contribution is -2.26. The van der Waals surface area contributed by atoms with Crippen molar-refractivity contribution in [2.75, 3.05) is 5.43 Å². The molecule has 0 radical (unpaired) electrons. The van der Waals surface area contributed by atoms with Gasteiger partial charge in [0.05, 0.1) is 22.0 Å². The molecule has 152 valence electrons. The first-order valence-electron chi connectivity index (χ1n) is 9.05. The van der Waals surface area contributed by atoms with Gasteiger partial charge in [-0.05, 0) is 43.0 Å². The Labute approximate surface area is 171 Å². The molecule has 2 atom stereocenters. The van der Waals surface area contributed by atoms with Gasteiger partial charge in [0.25, 0.3) is 5.69 Å². The highest BCUT2D eigenvalue weighted by molar-refractivity contribution is 6.30. The molecule has 0 aliphatic heterocycles. The van der Waals surface area contributed by atoms with Crippen LogP contribution in [0.3, 0.4) is 0 Å². The summed E-state index contributed by atoms with van der Waals surface area (Å²) in [7, 11) is 0. The average Bonchev–Trinajstić information content (AvgIpc) is 2.72. The Bertz CT molecular complexity index is 948. The van der Waals surface area contributed by atoms with Crippen LogP contribution in [-0.2, 0) is 0 Å². The molecule has 0 bridgehead atoms. The monoisotopic (exact) mass is 418 g/mol. The number of nitro groups is 2. The molecule has 1 aliphatic carbocycles. The van der Waals surface area contributed by atoms with Gasteiger partial charge in [-0.2, -0.15) is 5.10 Å². The second-order valence-electron chi connectivity index (χ2n) is 6.78. The van der Waals surface area contributed by atoms with Crippen LogP contribution in [0.15, 0.2) is 47.6 Å². The smallest absolute Gasteiger partial charge is 0.301 e. The Balaban J connectivity index is 1.85. The third-order valence-corrected chi connectivity index (χ3v) is 5.18. The fourth-order valence-corrected chi connectivity index (χ4v) is 3.53. The fourth-order valence-electron chi connectivity index (χ4n) is 3.40. The van der Waals surface area contributed by atoms with Crippen molar-refractivity contribution >= 4 is 34.4 Å². The number of nitrogens with zero attached hydrogens (tertiary/aromatic N) is 3. The molecule has 0 aromatic heterocycles. The molecule has 29 heavy (non-hydrogen) atoms. The molecule has 0 amide bonds. The van der Waals surface area contributed by atoms with E-state index in [-0.39, 0.29) is 17.3 Å². The lowest BCUT2D eigenvalue weighted by molar-refractivity contribution is -0.393. The maximum absolute atomic E-state index is 11.3. The van der Waals surface area contributed by atoms with E-state index in [1.807, 2.05) is 0 Å². The molecule has 2 aromatic rings. The predicted molar refractivity (Wildman–Crippen MR) is 109 cm³/mol. The van der Waals surface area contributed by atoms with E-state index in [1.165, 1.54) is 12.1 Å². The topological polar surface area (TPSA) is 131 Å². The van der Waals surface area contributed by atoms with Crippen molar-refractivity contribution < 1.29 is 15.0 Å². The highest BCUT2D eigenvalue weighted by Gasteiger charge is 2.29. The van der Waals surface area contributed by atoms with Gasteiger partial charge in [-0.15, -0.1) is 0 Å². The first kappa shape index (κ1) is 20.7. The normalized spacial score (nSPS) is 19.0. The molecule has 0 spiro atoms. The van der Waals surface area contributed by atoms with Crippen LogP contribution in [0.4, 0.5) is 17.1 Å². The van der Waals surface area contributed by atoms with E-state index in [0.717, 1.165) is 30.9 Å². The van der Waals surface area contributed by atoms with Crippen LogP contribution in [0.1, 0.15) is 37.4 Å². The predicted octanol–water partition coefficient (Wildman–Crippen LogP) is 4.85. The van der Waals surface area contributed by atoms with E-state index in [1.54, 1.807) is 24.3 Å². The van der Waals surface area contributed by atoms with Gasteiger partial charge in [-0.25, -0.2) is 0 Å². The molecule has 3 rings (SSSR count). The number of hydrogen-bond acceptors (Lipinski definition) is 7. The summed E-state index contributed by atoms with van der Waals surface area (Å²) in [4.78, 5) is 20.8. The van der Waals surface area contributed by atoms with Crippen molar-refractivity contribution in [3.8, 4) is 0 Å². The summed E-state index contributed by atoms with van der Waals surface area (Å²) in [6.07, 6.45) is 2.43. The molecule has 0 unspecified atom stereocenters. The molecule has 10 heteroatoms. The van der Waals surface area contributed by atoms with Gasteiger partial charge in [0.1, 0.15) is 5.69 Å². The van der Waals surface area contributed by atoms with Gasteiger partial charge in [-0.1, -0.05) is 30.2 Å². The van der Waals surface area contributed by atoms with Gasteiger partial charge in [0, 0.05) is 22.7 Å². The van der Waals surface area contributed by atoms with Crippen LogP contribution < -0.4 is 5.43 Å². The zero-order valence-electron chi connectivity index (χ0n) is 15.3. The van der Waals surface area contributed by atoms with Gasteiger partial charge in [-0.3, -0.25) is 25.7 Å². The van der Waals surface area contributed by atoms with Gasteiger partial charge in [0.15, 0.2) is 0 Å². The number of nitrogens with one attached hydrogen (secondary N) is 1. The van der Waals surface area contributed by atoms with Gasteiger partial charge >= 0.3 is 5.69 Å². The Morgan fingerprint density at radius 3 is 2.48 bits per heavy atom. The van der Waals surface area contributed by atoms with Gasteiger partial charge in [0.2, 0.25) is 0 Å². The van der Waals surface area contributed by atoms with Crippen LogP contribution in [0.5, 0.6) is 0 Å². The van der Waals surface area contributed by atoms with Crippen molar-refractivity contribution in [1.29, 1.82) is 0 Å². The van der Waals surface area contributed by atoms with Crippen molar-refractivity contribution in [1.82, 2.24) is 0 Å². The molecule has 0 saturated heterocycles. The lowest BCUT2D eigenvalue weighted by atomic mass is 9.81. The second kappa shape index (κ2) is 8.97. The molecule has 9 nitrogen and oxygen atoms in total. The second-order valence-corrected chi connectivity index (χ2v) is 7.22. The fraction of sp³-hybridized carbons (Fsp3) is 0.316. The third kappa shape index (κ3) is 4.87. The number of hydrogen-bond donors (Lipinski definition) is 2.